The fourth-order valence-corrected chi connectivity index (χ4v) is 0.830. The summed E-state index contributed by atoms with van der Waals surface area (Å²) in [6.07, 6.45) is 5.39. The fraction of sp³-hybridized carbons (Fsp3) is 0.286. The molecule has 0 amide bonds. The van der Waals surface area contributed by atoms with Gasteiger partial charge >= 0.3 is 0 Å². The van der Waals surface area contributed by atoms with Crippen LogP contribution in [0.15, 0.2) is 29.1 Å². The van der Waals surface area contributed by atoms with Crippen LogP contribution in [0.4, 0.5) is 0 Å². The van der Waals surface area contributed by atoms with Crippen molar-refractivity contribution in [3.63, 3.8) is 0 Å². The van der Waals surface area contributed by atoms with Gasteiger partial charge in [-0.3, -0.25) is 0 Å². The fourth-order valence-electron chi connectivity index (χ4n) is 0.830. The van der Waals surface area contributed by atoms with Crippen molar-refractivity contribution in [1.82, 2.24) is 0 Å². The summed E-state index contributed by atoms with van der Waals surface area (Å²) < 4.78 is 0. The summed E-state index contributed by atoms with van der Waals surface area (Å²) in [7, 11) is 0. The van der Waals surface area contributed by atoms with Gasteiger partial charge in [0.2, 0.25) is 0 Å². The highest BCUT2D eigenvalue weighted by molar-refractivity contribution is 5.71. The van der Waals surface area contributed by atoms with Crippen LogP contribution in [0.2, 0.25) is 0 Å². The van der Waals surface area contributed by atoms with Crippen LogP contribution in [-0.4, -0.2) is 27.2 Å². The molecule has 1 aliphatic carbocycles. The van der Waals surface area contributed by atoms with Crippen molar-refractivity contribution in [2.24, 2.45) is 5.16 Å². The second-order valence-corrected chi connectivity index (χ2v) is 2.40. The van der Waals surface area contributed by atoms with Gasteiger partial charge < -0.3 is 15.4 Å². The Labute approximate surface area is 63.8 Å². The topological polar surface area (TPSA) is 73.1 Å². The van der Waals surface area contributed by atoms with Gasteiger partial charge in [-0.1, -0.05) is 5.16 Å². The molecule has 4 heteroatoms. The number of oxime groups is 1. The van der Waals surface area contributed by atoms with Gasteiger partial charge in [0.25, 0.3) is 0 Å². The number of aliphatic hydroxyl groups is 2. The highest BCUT2D eigenvalue weighted by Crippen LogP contribution is 2.17. The van der Waals surface area contributed by atoms with E-state index in [4.69, 9.17) is 10.3 Å². The Bertz CT molecular complexity index is 232. The lowest BCUT2D eigenvalue weighted by Gasteiger charge is -2.19. The third-order valence-corrected chi connectivity index (χ3v) is 1.46. The zero-order valence-electron chi connectivity index (χ0n) is 5.81. The second-order valence-electron chi connectivity index (χ2n) is 2.40. The minimum absolute atomic E-state index is 0.112. The van der Waals surface area contributed by atoms with Crippen molar-refractivity contribution in [3.05, 3.63) is 24.0 Å². The van der Waals surface area contributed by atoms with Gasteiger partial charge in [0.15, 0.2) is 0 Å². The summed E-state index contributed by atoms with van der Waals surface area (Å²) >= 11 is 0. The summed E-state index contributed by atoms with van der Waals surface area (Å²) in [5.74, 6) is 0.112. The molecular formula is C7H9NO3. The summed E-state index contributed by atoms with van der Waals surface area (Å²) in [5, 5.41) is 29.2. The van der Waals surface area contributed by atoms with E-state index in [1.807, 2.05) is 0 Å². The van der Waals surface area contributed by atoms with Gasteiger partial charge in [0.1, 0.15) is 11.4 Å². The molecular weight excluding hydrogens is 146 g/mol. The molecule has 0 fully saturated rings. The van der Waals surface area contributed by atoms with Crippen LogP contribution in [0, 0.1) is 0 Å². The Kier molecular flexibility index (Phi) is 1.96. The molecule has 0 saturated heterocycles. The van der Waals surface area contributed by atoms with Gasteiger partial charge in [0.05, 0.1) is 6.21 Å². The molecule has 1 unspecified atom stereocenters. The summed E-state index contributed by atoms with van der Waals surface area (Å²) in [5.41, 5.74) is -1.25. The van der Waals surface area contributed by atoms with E-state index < -0.39 is 5.60 Å². The first-order chi connectivity index (χ1) is 5.16. The molecule has 0 spiro atoms. The SMILES string of the molecule is ON=CC1(O)C=CC(O)=CC1. The number of allylic oxidation sites excluding steroid dienone is 1. The van der Waals surface area contributed by atoms with Crippen LogP contribution in [0.5, 0.6) is 0 Å². The Hall–Kier alpha value is -1.29. The first kappa shape index (κ1) is 7.81. The maximum atomic E-state index is 9.44. The monoisotopic (exact) mass is 155 g/mol. The minimum atomic E-state index is -1.25. The van der Waals surface area contributed by atoms with Gasteiger partial charge in [-0.2, -0.15) is 0 Å². The molecule has 11 heavy (non-hydrogen) atoms. The molecule has 0 aromatic heterocycles. The van der Waals surface area contributed by atoms with Crippen LogP contribution in [0.25, 0.3) is 0 Å². The van der Waals surface area contributed by atoms with E-state index in [1.54, 1.807) is 0 Å². The van der Waals surface area contributed by atoms with Gasteiger partial charge in [-0.15, -0.1) is 0 Å². The highest BCUT2D eigenvalue weighted by Gasteiger charge is 2.22. The van der Waals surface area contributed by atoms with Crippen molar-refractivity contribution in [2.75, 3.05) is 0 Å². The van der Waals surface area contributed by atoms with Crippen molar-refractivity contribution in [1.29, 1.82) is 0 Å². The largest absolute Gasteiger partial charge is 0.508 e. The van der Waals surface area contributed by atoms with Crippen LogP contribution in [-0.2, 0) is 0 Å². The van der Waals surface area contributed by atoms with Crippen LogP contribution >= 0.6 is 0 Å². The Morgan fingerprint density at radius 3 is 2.82 bits per heavy atom. The van der Waals surface area contributed by atoms with Gasteiger partial charge in [-0.05, 0) is 18.2 Å². The first-order valence-electron chi connectivity index (χ1n) is 3.16. The van der Waals surface area contributed by atoms with E-state index in [9.17, 15) is 5.11 Å². The lowest BCUT2D eigenvalue weighted by atomic mass is 9.96. The lowest BCUT2D eigenvalue weighted by molar-refractivity contribution is 0.162. The van der Waals surface area contributed by atoms with E-state index in [0.29, 0.717) is 0 Å². The van der Waals surface area contributed by atoms with Crippen LogP contribution < -0.4 is 0 Å². The molecule has 0 saturated carbocycles. The quantitative estimate of drug-likeness (QED) is 0.294. The van der Waals surface area contributed by atoms with E-state index in [2.05, 4.69) is 5.16 Å². The lowest BCUT2D eigenvalue weighted by Crippen LogP contribution is -2.28. The molecule has 0 aliphatic heterocycles. The molecule has 0 bridgehead atoms. The predicted molar refractivity (Wildman–Crippen MR) is 39.7 cm³/mol. The highest BCUT2D eigenvalue weighted by atomic mass is 16.4. The van der Waals surface area contributed by atoms with Gasteiger partial charge in [-0.25, -0.2) is 0 Å². The van der Waals surface area contributed by atoms with Crippen molar-refractivity contribution in [3.8, 4) is 0 Å². The Balaban J connectivity index is 2.74. The average Bonchev–Trinajstić information content (AvgIpc) is 1.97. The molecule has 0 radical (unpaired) electrons. The summed E-state index contributed by atoms with van der Waals surface area (Å²) in [6.45, 7) is 0. The number of rotatable bonds is 1. The van der Waals surface area contributed by atoms with Crippen LogP contribution in [0.3, 0.4) is 0 Å². The zero-order valence-corrected chi connectivity index (χ0v) is 5.81. The van der Waals surface area contributed by atoms with Crippen molar-refractivity contribution in [2.45, 2.75) is 12.0 Å². The van der Waals surface area contributed by atoms with Crippen molar-refractivity contribution < 1.29 is 15.4 Å². The zero-order chi connectivity index (χ0) is 8.32. The summed E-state index contributed by atoms with van der Waals surface area (Å²) in [6, 6.07) is 0. The Morgan fingerprint density at radius 2 is 2.36 bits per heavy atom. The molecule has 3 N–H and O–H groups in total. The average molecular weight is 155 g/mol. The molecule has 1 aliphatic rings. The molecule has 0 aromatic carbocycles. The maximum absolute atomic E-state index is 9.44. The third-order valence-electron chi connectivity index (χ3n) is 1.46. The summed E-state index contributed by atoms with van der Waals surface area (Å²) in [4.78, 5) is 0. The predicted octanol–water partition coefficient (Wildman–Crippen LogP) is 0.579. The van der Waals surface area contributed by atoms with E-state index in [1.165, 1.54) is 18.2 Å². The number of hydrogen-bond donors (Lipinski definition) is 3. The molecule has 4 nitrogen and oxygen atoms in total. The molecule has 0 heterocycles. The van der Waals surface area contributed by atoms with Crippen LogP contribution in [0.1, 0.15) is 6.42 Å². The second kappa shape index (κ2) is 2.75. The molecule has 1 rings (SSSR count). The number of nitrogens with zero attached hydrogens (tertiary/aromatic N) is 1. The van der Waals surface area contributed by atoms with Gasteiger partial charge in [0, 0.05) is 6.42 Å². The number of aliphatic hydroxyl groups excluding tert-OH is 1. The number of hydrogen-bond acceptors (Lipinski definition) is 4. The third kappa shape index (κ3) is 1.81. The minimum Gasteiger partial charge on any atom is -0.508 e. The smallest absolute Gasteiger partial charge is 0.125 e. The van der Waals surface area contributed by atoms with E-state index >= 15 is 0 Å². The normalized spacial score (nSPS) is 30.8. The molecule has 60 valence electrons. The Morgan fingerprint density at radius 1 is 1.64 bits per heavy atom. The maximum Gasteiger partial charge on any atom is 0.125 e. The molecule has 1 atom stereocenters. The van der Waals surface area contributed by atoms with E-state index in [-0.39, 0.29) is 12.2 Å². The first-order valence-corrected chi connectivity index (χ1v) is 3.16. The standard InChI is InChI=1S/C7H9NO3/c9-6-1-3-7(10,4-2-6)5-8-11/h1-3,5,9-11H,4H2. The van der Waals surface area contributed by atoms with E-state index in [0.717, 1.165) is 6.21 Å². The van der Waals surface area contributed by atoms with Crippen molar-refractivity contribution >= 4 is 6.21 Å². The molecule has 0 aromatic rings.